The minimum Gasteiger partial charge on any atom is -0.348 e. The van der Waals surface area contributed by atoms with E-state index in [4.69, 9.17) is 0 Å². The first-order chi connectivity index (χ1) is 13.6. The Morgan fingerprint density at radius 2 is 1.68 bits per heavy atom. The number of hydrogen-bond acceptors (Lipinski definition) is 4. The van der Waals surface area contributed by atoms with Gasteiger partial charge in [0.15, 0.2) is 0 Å². The van der Waals surface area contributed by atoms with Gasteiger partial charge in [0.25, 0.3) is 11.8 Å². The predicted molar refractivity (Wildman–Crippen MR) is 108 cm³/mol. The highest BCUT2D eigenvalue weighted by molar-refractivity contribution is 6.06. The van der Waals surface area contributed by atoms with Gasteiger partial charge in [0.1, 0.15) is 0 Å². The number of aryl methyl sites for hydroxylation is 2. The maximum atomic E-state index is 12.7. The van der Waals surface area contributed by atoms with Gasteiger partial charge in [0.05, 0.1) is 11.1 Å². The highest BCUT2D eigenvalue weighted by atomic mass is 16.2. The number of pyridine rings is 2. The van der Waals surface area contributed by atoms with E-state index in [1.54, 1.807) is 18.5 Å². The molecule has 3 rings (SSSR count). The molecule has 2 amide bonds. The summed E-state index contributed by atoms with van der Waals surface area (Å²) in [5.41, 5.74) is 4.47. The van der Waals surface area contributed by atoms with Crippen LogP contribution in [0.3, 0.4) is 0 Å². The van der Waals surface area contributed by atoms with E-state index in [9.17, 15) is 9.59 Å². The van der Waals surface area contributed by atoms with E-state index < -0.39 is 0 Å². The topological polar surface area (TPSA) is 84.0 Å². The number of para-hydroxylation sites is 1. The third-order valence-electron chi connectivity index (χ3n) is 4.44. The minimum absolute atomic E-state index is 0.288. The van der Waals surface area contributed by atoms with Gasteiger partial charge in [-0.3, -0.25) is 19.6 Å². The fourth-order valence-corrected chi connectivity index (χ4v) is 2.86. The first-order valence-corrected chi connectivity index (χ1v) is 9.10. The van der Waals surface area contributed by atoms with Gasteiger partial charge in [0, 0.05) is 37.0 Å². The first-order valence-electron chi connectivity index (χ1n) is 9.10. The van der Waals surface area contributed by atoms with Gasteiger partial charge in [-0.15, -0.1) is 0 Å². The first kappa shape index (κ1) is 19.2. The highest BCUT2D eigenvalue weighted by Crippen LogP contribution is 2.22. The van der Waals surface area contributed by atoms with E-state index in [0.717, 1.165) is 28.8 Å². The standard InChI is InChI=1S/C22H22N4O2/c1-3-17-6-4-5-15(2)20(17)26-22(28)19-11-18(13-24-14-19)21(27)25-12-16-7-9-23-10-8-16/h4-11,13-14H,3,12H2,1-2H3,(H,25,27)(H,26,28). The summed E-state index contributed by atoms with van der Waals surface area (Å²) >= 11 is 0. The number of carbonyl (C=O) groups is 2. The monoisotopic (exact) mass is 374 g/mol. The fraction of sp³-hybridized carbons (Fsp3) is 0.182. The quantitative estimate of drug-likeness (QED) is 0.691. The molecule has 0 unspecified atom stereocenters. The number of amides is 2. The number of rotatable bonds is 6. The van der Waals surface area contributed by atoms with Crippen LogP contribution in [-0.2, 0) is 13.0 Å². The van der Waals surface area contributed by atoms with Crippen molar-refractivity contribution in [2.75, 3.05) is 5.32 Å². The van der Waals surface area contributed by atoms with E-state index in [1.807, 2.05) is 44.2 Å². The average Bonchev–Trinajstić information content (AvgIpc) is 2.74. The summed E-state index contributed by atoms with van der Waals surface area (Å²) in [7, 11) is 0. The number of carbonyl (C=O) groups excluding carboxylic acids is 2. The molecule has 0 spiro atoms. The lowest BCUT2D eigenvalue weighted by Gasteiger charge is -2.13. The number of nitrogens with one attached hydrogen (secondary N) is 2. The van der Waals surface area contributed by atoms with Crippen LogP contribution in [0, 0.1) is 6.92 Å². The second kappa shape index (κ2) is 8.90. The summed E-state index contributed by atoms with van der Waals surface area (Å²) in [5, 5.41) is 5.77. The van der Waals surface area contributed by atoms with E-state index in [-0.39, 0.29) is 11.8 Å². The number of aromatic nitrogens is 2. The second-order valence-electron chi connectivity index (χ2n) is 6.42. The van der Waals surface area contributed by atoms with Crippen LogP contribution in [0.5, 0.6) is 0 Å². The van der Waals surface area contributed by atoms with Crippen molar-refractivity contribution >= 4 is 17.5 Å². The Hall–Kier alpha value is -3.54. The molecule has 28 heavy (non-hydrogen) atoms. The Bertz CT molecular complexity index is 987. The Balaban J connectivity index is 1.72. The second-order valence-corrected chi connectivity index (χ2v) is 6.42. The lowest BCUT2D eigenvalue weighted by Crippen LogP contribution is -2.23. The van der Waals surface area contributed by atoms with Gasteiger partial charge in [0.2, 0.25) is 0 Å². The molecule has 2 heterocycles. The minimum atomic E-state index is -0.291. The summed E-state index contributed by atoms with van der Waals surface area (Å²) in [6.07, 6.45) is 7.06. The SMILES string of the molecule is CCc1cccc(C)c1NC(=O)c1cncc(C(=O)NCc2ccncc2)c1. The molecule has 0 radical (unpaired) electrons. The maximum absolute atomic E-state index is 12.7. The number of benzene rings is 1. The number of anilines is 1. The molecule has 2 N–H and O–H groups in total. The van der Waals surface area contributed by atoms with Crippen molar-refractivity contribution in [1.82, 2.24) is 15.3 Å². The van der Waals surface area contributed by atoms with Gasteiger partial charge >= 0.3 is 0 Å². The molecule has 0 bridgehead atoms. The molecule has 6 heteroatoms. The summed E-state index contributed by atoms with van der Waals surface area (Å²) in [5.74, 6) is -0.579. The van der Waals surface area contributed by atoms with Crippen molar-refractivity contribution in [3.63, 3.8) is 0 Å². The molecule has 0 saturated heterocycles. The van der Waals surface area contributed by atoms with Crippen LogP contribution in [0.15, 0.2) is 61.2 Å². The Labute approximate surface area is 164 Å². The Kier molecular flexibility index (Phi) is 6.11. The van der Waals surface area contributed by atoms with E-state index in [2.05, 4.69) is 20.6 Å². The third-order valence-corrected chi connectivity index (χ3v) is 4.44. The third kappa shape index (κ3) is 4.59. The molecule has 2 aromatic heterocycles. The zero-order valence-electron chi connectivity index (χ0n) is 15.9. The molecule has 142 valence electrons. The number of nitrogens with zero attached hydrogens (tertiary/aromatic N) is 2. The number of hydrogen-bond donors (Lipinski definition) is 2. The summed E-state index contributed by atoms with van der Waals surface area (Å²) < 4.78 is 0. The lowest BCUT2D eigenvalue weighted by atomic mass is 10.1. The predicted octanol–water partition coefficient (Wildman–Crippen LogP) is 3.53. The van der Waals surface area contributed by atoms with Crippen LogP contribution >= 0.6 is 0 Å². The highest BCUT2D eigenvalue weighted by Gasteiger charge is 2.14. The van der Waals surface area contributed by atoms with Crippen molar-refractivity contribution < 1.29 is 9.59 Å². The van der Waals surface area contributed by atoms with Crippen LogP contribution in [0.1, 0.15) is 44.3 Å². The lowest BCUT2D eigenvalue weighted by molar-refractivity contribution is 0.0950. The zero-order chi connectivity index (χ0) is 19.9. The molecule has 0 fully saturated rings. The molecule has 0 aliphatic heterocycles. The molecular weight excluding hydrogens is 352 g/mol. The van der Waals surface area contributed by atoms with Crippen LogP contribution in [0.2, 0.25) is 0 Å². The zero-order valence-corrected chi connectivity index (χ0v) is 15.9. The summed E-state index contributed by atoms with van der Waals surface area (Å²) in [6, 6.07) is 11.1. The maximum Gasteiger partial charge on any atom is 0.257 e. The van der Waals surface area contributed by atoms with Crippen molar-refractivity contribution in [1.29, 1.82) is 0 Å². The van der Waals surface area contributed by atoms with E-state index in [1.165, 1.54) is 12.4 Å². The average molecular weight is 374 g/mol. The van der Waals surface area contributed by atoms with Crippen molar-refractivity contribution in [3.05, 3.63) is 89.0 Å². The molecule has 0 aliphatic rings. The van der Waals surface area contributed by atoms with Gasteiger partial charge in [-0.2, -0.15) is 0 Å². The van der Waals surface area contributed by atoms with Crippen LogP contribution in [-0.4, -0.2) is 21.8 Å². The molecule has 3 aromatic rings. The molecule has 0 saturated carbocycles. The Morgan fingerprint density at radius 3 is 2.39 bits per heavy atom. The molecule has 1 aromatic carbocycles. The van der Waals surface area contributed by atoms with Crippen molar-refractivity contribution in [3.8, 4) is 0 Å². The fourth-order valence-electron chi connectivity index (χ4n) is 2.86. The smallest absolute Gasteiger partial charge is 0.257 e. The summed E-state index contributed by atoms with van der Waals surface area (Å²) in [4.78, 5) is 33.1. The molecule has 0 atom stereocenters. The largest absolute Gasteiger partial charge is 0.348 e. The van der Waals surface area contributed by atoms with Crippen molar-refractivity contribution in [2.24, 2.45) is 0 Å². The van der Waals surface area contributed by atoms with Gasteiger partial charge in [-0.25, -0.2) is 0 Å². The molecular formula is C22H22N4O2. The van der Waals surface area contributed by atoms with E-state index >= 15 is 0 Å². The van der Waals surface area contributed by atoms with Crippen LogP contribution in [0.4, 0.5) is 5.69 Å². The van der Waals surface area contributed by atoms with Crippen LogP contribution < -0.4 is 10.6 Å². The van der Waals surface area contributed by atoms with Crippen molar-refractivity contribution in [2.45, 2.75) is 26.8 Å². The van der Waals surface area contributed by atoms with Gasteiger partial charge in [-0.1, -0.05) is 25.1 Å². The van der Waals surface area contributed by atoms with Crippen LogP contribution in [0.25, 0.3) is 0 Å². The normalized spacial score (nSPS) is 10.4. The molecule has 0 aliphatic carbocycles. The molecule has 6 nitrogen and oxygen atoms in total. The van der Waals surface area contributed by atoms with E-state index in [0.29, 0.717) is 17.7 Å². The van der Waals surface area contributed by atoms with Gasteiger partial charge < -0.3 is 10.6 Å². The van der Waals surface area contributed by atoms with Gasteiger partial charge in [-0.05, 0) is 48.2 Å². The Morgan fingerprint density at radius 1 is 0.964 bits per heavy atom. The summed E-state index contributed by atoms with van der Waals surface area (Å²) in [6.45, 7) is 4.37.